The molecule has 0 aliphatic carbocycles. The predicted octanol–water partition coefficient (Wildman–Crippen LogP) is -0.239. The number of hydrogen-bond donors (Lipinski definition) is 0. The monoisotopic (exact) mass is 221 g/mol. The van der Waals surface area contributed by atoms with E-state index in [4.69, 9.17) is 15.3 Å². The van der Waals surface area contributed by atoms with Gasteiger partial charge in [-0.1, -0.05) is 0 Å². The molecular formula is NO3Tb+2. The summed E-state index contributed by atoms with van der Waals surface area (Å²) >= 11 is 0. The van der Waals surface area contributed by atoms with Gasteiger partial charge in [0.15, 0.2) is 0 Å². The van der Waals surface area contributed by atoms with Crippen LogP contribution in [-0.2, 0) is 0 Å². The fraction of sp³-hybridized carbons (Fsp3) is 0. The topological polar surface area (TPSA) is 66.2 Å². The number of hydrogen-bond acceptors (Lipinski definition) is 3. The summed E-state index contributed by atoms with van der Waals surface area (Å²) in [6.45, 7) is 0. The summed E-state index contributed by atoms with van der Waals surface area (Å²) in [5.74, 6) is 0. The van der Waals surface area contributed by atoms with Gasteiger partial charge in [0, 0.05) is 0 Å². The van der Waals surface area contributed by atoms with Gasteiger partial charge in [0.05, 0.1) is 5.09 Å². The molecule has 5 heavy (non-hydrogen) atoms. The first-order chi connectivity index (χ1) is 1.73. The molecule has 0 rings (SSSR count). The molecular weight excluding hydrogens is 221 g/mol. The number of nitrogens with zero attached hydrogens (tertiary/aromatic N) is 1. The third kappa shape index (κ3) is 117. The normalized spacial score (nSPS) is 4.80. The first-order valence-electron chi connectivity index (χ1n) is 0.548. The Morgan fingerprint density at radius 2 is 1.40 bits per heavy atom. The molecule has 0 fully saturated rings. The molecule has 0 bridgehead atoms. The van der Waals surface area contributed by atoms with Crippen LogP contribution < -0.4 is 0 Å². The van der Waals surface area contributed by atoms with E-state index in [1.165, 1.54) is 0 Å². The maximum atomic E-state index is 8.25. The minimum Gasteiger partial charge on any atom is -0.356 e. The second-order valence-corrected chi connectivity index (χ2v) is 0.224. The fourth-order valence-corrected chi connectivity index (χ4v) is 0. The maximum Gasteiger partial charge on any atom is 3.00 e. The molecule has 0 radical (unpaired) electrons. The van der Waals surface area contributed by atoms with Gasteiger partial charge in [-0.05, 0) is 0 Å². The number of rotatable bonds is 0. The molecule has 0 aromatic rings. The third-order valence-electron chi connectivity index (χ3n) is 0. The van der Waals surface area contributed by atoms with Crippen LogP contribution in [0.25, 0.3) is 0 Å². The largest absolute Gasteiger partial charge is 3.00 e. The van der Waals surface area contributed by atoms with Crippen molar-refractivity contribution in [3.8, 4) is 0 Å². The average molecular weight is 221 g/mol. The van der Waals surface area contributed by atoms with Crippen molar-refractivity contribution >= 4 is 0 Å². The van der Waals surface area contributed by atoms with E-state index >= 15 is 0 Å². The third-order valence-corrected chi connectivity index (χ3v) is 0. The quantitative estimate of drug-likeness (QED) is 0.418. The maximum absolute atomic E-state index is 8.25. The van der Waals surface area contributed by atoms with Crippen LogP contribution in [0, 0.1) is 53.9 Å². The molecule has 30 valence electrons. The molecule has 0 amide bonds. The van der Waals surface area contributed by atoms with Crippen LogP contribution in [0.5, 0.6) is 0 Å². The second-order valence-electron chi connectivity index (χ2n) is 0.224. The Morgan fingerprint density at radius 3 is 1.40 bits per heavy atom. The van der Waals surface area contributed by atoms with Crippen molar-refractivity contribution in [3.05, 3.63) is 15.3 Å². The molecule has 0 heterocycles. The van der Waals surface area contributed by atoms with Crippen molar-refractivity contribution < 1.29 is 43.7 Å². The van der Waals surface area contributed by atoms with Crippen molar-refractivity contribution in [2.24, 2.45) is 0 Å². The zero-order valence-corrected chi connectivity index (χ0v) is 4.14. The smallest absolute Gasteiger partial charge is 0.356 e. The molecule has 0 aliphatic heterocycles. The SMILES string of the molecule is O=[N+]([O-])[O-].[Tb+3]. The Morgan fingerprint density at radius 1 is 1.40 bits per heavy atom. The van der Waals surface area contributed by atoms with Crippen molar-refractivity contribution in [1.29, 1.82) is 0 Å². The van der Waals surface area contributed by atoms with Crippen LogP contribution in [0.1, 0.15) is 0 Å². The molecule has 5 heteroatoms. The van der Waals surface area contributed by atoms with E-state index in [-0.39, 0.29) is 38.6 Å². The van der Waals surface area contributed by atoms with Crippen molar-refractivity contribution in [2.45, 2.75) is 0 Å². The van der Waals surface area contributed by atoms with Crippen molar-refractivity contribution in [1.82, 2.24) is 0 Å². The van der Waals surface area contributed by atoms with Gasteiger partial charge in [-0.25, -0.2) is 0 Å². The standard InChI is InChI=1S/NO3.Tb/c2-1(3)4;/q-1;+3. The van der Waals surface area contributed by atoms with Crippen LogP contribution in [-0.4, -0.2) is 5.09 Å². The molecule has 0 saturated heterocycles. The van der Waals surface area contributed by atoms with E-state index in [9.17, 15) is 0 Å². The van der Waals surface area contributed by atoms with Gasteiger partial charge in [-0.2, -0.15) is 0 Å². The van der Waals surface area contributed by atoms with E-state index in [2.05, 4.69) is 0 Å². The molecule has 0 aromatic carbocycles. The minimum absolute atomic E-state index is 0. The Kier molecular flexibility index (Phi) is 8.15. The molecule has 0 unspecified atom stereocenters. The van der Waals surface area contributed by atoms with Crippen LogP contribution in [0.2, 0.25) is 0 Å². The minimum atomic E-state index is -1.75. The van der Waals surface area contributed by atoms with Crippen LogP contribution in [0.4, 0.5) is 0 Å². The second kappa shape index (κ2) is 4.49. The van der Waals surface area contributed by atoms with Gasteiger partial charge < -0.3 is 15.3 Å². The Labute approximate surface area is 58.7 Å². The summed E-state index contributed by atoms with van der Waals surface area (Å²) in [5, 5.41) is 14.8. The summed E-state index contributed by atoms with van der Waals surface area (Å²) in [6.07, 6.45) is 0. The first kappa shape index (κ1) is 9.08. The van der Waals surface area contributed by atoms with E-state index in [0.717, 1.165) is 0 Å². The van der Waals surface area contributed by atoms with Crippen molar-refractivity contribution in [3.63, 3.8) is 0 Å². The molecule has 4 nitrogen and oxygen atoms in total. The van der Waals surface area contributed by atoms with Crippen molar-refractivity contribution in [2.75, 3.05) is 0 Å². The summed E-state index contributed by atoms with van der Waals surface area (Å²) < 4.78 is 0. The zero-order valence-electron chi connectivity index (χ0n) is 2.01. The van der Waals surface area contributed by atoms with Gasteiger partial charge in [0.25, 0.3) is 0 Å². The van der Waals surface area contributed by atoms with Gasteiger partial charge in [0.1, 0.15) is 0 Å². The Balaban J connectivity index is 0. The summed E-state index contributed by atoms with van der Waals surface area (Å²) in [4.78, 5) is 8.25. The molecule has 0 spiro atoms. The van der Waals surface area contributed by atoms with E-state index < -0.39 is 5.09 Å². The molecule has 0 aliphatic rings. The molecule has 0 atom stereocenters. The predicted molar refractivity (Wildman–Crippen MR) is 10.4 cm³/mol. The Bertz CT molecular complexity index is 29.9. The summed E-state index contributed by atoms with van der Waals surface area (Å²) in [5.41, 5.74) is 0. The van der Waals surface area contributed by atoms with Gasteiger partial charge in [0.2, 0.25) is 0 Å². The zero-order chi connectivity index (χ0) is 3.58. The van der Waals surface area contributed by atoms with Gasteiger partial charge >= 0.3 is 38.6 Å². The van der Waals surface area contributed by atoms with Gasteiger partial charge in [-0.3, -0.25) is 0 Å². The average Bonchev–Trinajstić information content (AvgIpc) is 0.811. The summed E-state index contributed by atoms with van der Waals surface area (Å²) in [7, 11) is 0. The van der Waals surface area contributed by atoms with E-state index in [0.29, 0.717) is 0 Å². The Hall–Kier alpha value is 0.486. The van der Waals surface area contributed by atoms with Crippen LogP contribution in [0.15, 0.2) is 0 Å². The molecule has 0 N–H and O–H groups in total. The van der Waals surface area contributed by atoms with Crippen LogP contribution >= 0.6 is 0 Å². The van der Waals surface area contributed by atoms with E-state index in [1.807, 2.05) is 0 Å². The summed E-state index contributed by atoms with van der Waals surface area (Å²) in [6, 6.07) is 0. The van der Waals surface area contributed by atoms with E-state index in [1.54, 1.807) is 0 Å². The van der Waals surface area contributed by atoms with Gasteiger partial charge in [-0.15, -0.1) is 0 Å². The van der Waals surface area contributed by atoms with Crippen LogP contribution in [0.3, 0.4) is 0 Å². The molecule has 0 saturated carbocycles. The fourth-order valence-electron chi connectivity index (χ4n) is 0. The first-order valence-corrected chi connectivity index (χ1v) is 0.548. The molecule has 0 aromatic heterocycles.